The van der Waals surface area contributed by atoms with E-state index < -0.39 is 0 Å². The Labute approximate surface area is 116 Å². The minimum Gasteiger partial charge on any atom is -0.267 e. The molecular weight excluding hydrogens is 260 g/mol. The van der Waals surface area contributed by atoms with Crippen LogP contribution < -0.4 is 5.43 Å². The summed E-state index contributed by atoms with van der Waals surface area (Å²) in [6.07, 6.45) is 2.33. The van der Waals surface area contributed by atoms with Gasteiger partial charge in [-0.1, -0.05) is 54.1 Å². The van der Waals surface area contributed by atoms with Crippen molar-refractivity contribution in [2.75, 3.05) is 0 Å². The number of nitrogens with zero attached hydrogens (tertiary/aromatic N) is 1. The van der Waals surface area contributed by atoms with Crippen molar-refractivity contribution in [2.24, 2.45) is 5.10 Å². The first kappa shape index (κ1) is 13.3. The summed E-state index contributed by atoms with van der Waals surface area (Å²) in [6, 6.07) is 16.8. The second kappa shape index (κ2) is 6.71. The highest BCUT2D eigenvalue weighted by molar-refractivity contribution is 6.33. The number of amides is 1. The van der Waals surface area contributed by atoms with Gasteiger partial charge in [-0.05, 0) is 17.7 Å². The molecule has 0 spiro atoms. The number of carbonyl (C=O) groups excluding carboxylic acids is 1. The van der Waals surface area contributed by atoms with Crippen LogP contribution in [0, 0.1) is 0 Å². The van der Waals surface area contributed by atoms with Crippen LogP contribution in [0.1, 0.15) is 15.9 Å². The van der Waals surface area contributed by atoms with Crippen molar-refractivity contribution in [1.29, 1.82) is 0 Å². The van der Waals surface area contributed by atoms with E-state index in [9.17, 15) is 4.79 Å². The van der Waals surface area contributed by atoms with Crippen LogP contribution in [0.3, 0.4) is 0 Å². The Morgan fingerprint density at radius 2 is 1.79 bits per heavy atom. The molecule has 1 amide bonds. The zero-order valence-electron chi connectivity index (χ0n) is 10.2. The third-order valence-electron chi connectivity index (χ3n) is 2.55. The maximum atomic E-state index is 11.8. The van der Waals surface area contributed by atoms with Crippen LogP contribution in [0.25, 0.3) is 0 Å². The van der Waals surface area contributed by atoms with Gasteiger partial charge in [-0.15, -0.1) is 0 Å². The summed E-state index contributed by atoms with van der Waals surface area (Å²) in [5, 5.41) is 4.32. The molecule has 0 aliphatic rings. The van der Waals surface area contributed by atoms with Gasteiger partial charge in [0.1, 0.15) is 0 Å². The van der Waals surface area contributed by atoms with Crippen LogP contribution in [0.15, 0.2) is 59.7 Å². The summed E-state index contributed by atoms with van der Waals surface area (Å²) in [5.41, 5.74) is 4.01. The van der Waals surface area contributed by atoms with Gasteiger partial charge in [0.15, 0.2) is 0 Å². The van der Waals surface area contributed by atoms with Crippen molar-refractivity contribution < 1.29 is 4.79 Å². The Balaban J connectivity index is 1.89. The highest BCUT2D eigenvalue weighted by Crippen LogP contribution is 2.14. The highest BCUT2D eigenvalue weighted by Gasteiger charge is 2.07. The Bertz CT molecular complexity index is 582. The van der Waals surface area contributed by atoms with Crippen LogP contribution in [0.4, 0.5) is 0 Å². The molecule has 19 heavy (non-hydrogen) atoms. The number of hydrogen-bond donors (Lipinski definition) is 1. The van der Waals surface area contributed by atoms with Crippen LogP contribution >= 0.6 is 11.6 Å². The van der Waals surface area contributed by atoms with E-state index in [4.69, 9.17) is 11.6 Å². The van der Waals surface area contributed by atoms with Crippen molar-refractivity contribution in [2.45, 2.75) is 6.42 Å². The van der Waals surface area contributed by atoms with Crippen molar-refractivity contribution in [3.05, 3.63) is 70.7 Å². The van der Waals surface area contributed by atoms with Gasteiger partial charge in [0.25, 0.3) is 5.91 Å². The molecule has 2 rings (SSSR count). The molecule has 0 saturated heterocycles. The quantitative estimate of drug-likeness (QED) is 0.673. The zero-order valence-corrected chi connectivity index (χ0v) is 11.0. The highest BCUT2D eigenvalue weighted by atomic mass is 35.5. The molecule has 0 heterocycles. The summed E-state index contributed by atoms with van der Waals surface area (Å²) in [5.74, 6) is -0.310. The fourth-order valence-corrected chi connectivity index (χ4v) is 1.80. The lowest BCUT2D eigenvalue weighted by Gasteiger charge is -2.01. The molecule has 0 saturated carbocycles. The number of benzene rings is 2. The molecule has 0 bridgehead atoms. The van der Waals surface area contributed by atoms with E-state index in [0.29, 0.717) is 17.0 Å². The SMILES string of the molecule is O=C(N/N=C/Cc1ccccc1)c1ccccc1Cl. The molecule has 2 aromatic carbocycles. The number of hydrazone groups is 1. The first-order valence-electron chi connectivity index (χ1n) is 5.87. The molecule has 3 nitrogen and oxygen atoms in total. The molecule has 0 atom stereocenters. The molecule has 0 unspecified atom stereocenters. The summed E-state index contributed by atoms with van der Waals surface area (Å²) < 4.78 is 0. The van der Waals surface area contributed by atoms with E-state index in [0.717, 1.165) is 5.56 Å². The molecule has 0 fully saturated rings. The maximum absolute atomic E-state index is 11.8. The standard InChI is InChI=1S/C15H13ClN2O/c16-14-9-5-4-8-13(14)15(19)18-17-11-10-12-6-2-1-3-7-12/h1-9,11H,10H2,(H,18,19)/b17-11+. The lowest BCUT2D eigenvalue weighted by atomic mass is 10.2. The van der Waals surface area contributed by atoms with Crippen LogP contribution in [0.2, 0.25) is 5.02 Å². The Kier molecular flexibility index (Phi) is 4.70. The molecule has 0 aliphatic carbocycles. The van der Waals surface area contributed by atoms with E-state index in [1.165, 1.54) is 0 Å². The lowest BCUT2D eigenvalue weighted by molar-refractivity contribution is 0.0955. The topological polar surface area (TPSA) is 41.5 Å². The minimum absolute atomic E-state index is 0.310. The number of nitrogens with one attached hydrogen (secondary N) is 1. The monoisotopic (exact) mass is 272 g/mol. The van der Waals surface area contributed by atoms with Gasteiger partial charge < -0.3 is 0 Å². The molecule has 1 N–H and O–H groups in total. The Hall–Kier alpha value is -2.13. The summed E-state index contributed by atoms with van der Waals surface area (Å²) in [4.78, 5) is 11.8. The lowest BCUT2D eigenvalue weighted by Crippen LogP contribution is -2.18. The molecule has 96 valence electrons. The van der Waals surface area contributed by atoms with Gasteiger partial charge in [0.05, 0.1) is 10.6 Å². The minimum atomic E-state index is -0.310. The fraction of sp³-hybridized carbons (Fsp3) is 0.0667. The first-order valence-corrected chi connectivity index (χ1v) is 6.25. The first-order chi connectivity index (χ1) is 9.27. The molecule has 2 aromatic rings. The fourth-order valence-electron chi connectivity index (χ4n) is 1.57. The van der Waals surface area contributed by atoms with Crippen LogP contribution in [-0.4, -0.2) is 12.1 Å². The van der Waals surface area contributed by atoms with E-state index in [1.807, 2.05) is 30.3 Å². The van der Waals surface area contributed by atoms with E-state index in [-0.39, 0.29) is 5.91 Å². The summed E-state index contributed by atoms with van der Waals surface area (Å²) >= 11 is 5.92. The molecule has 0 radical (unpaired) electrons. The second-order valence-electron chi connectivity index (χ2n) is 3.92. The van der Waals surface area contributed by atoms with E-state index >= 15 is 0 Å². The van der Waals surface area contributed by atoms with Crippen molar-refractivity contribution in [1.82, 2.24) is 5.43 Å². The van der Waals surface area contributed by atoms with Gasteiger partial charge in [-0.2, -0.15) is 5.10 Å². The van der Waals surface area contributed by atoms with Crippen molar-refractivity contribution in [3.8, 4) is 0 Å². The van der Waals surface area contributed by atoms with Gasteiger partial charge in [-0.25, -0.2) is 5.43 Å². The third kappa shape index (κ3) is 3.93. The van der Waals surface area contributed by atoms with Gasteiger partial charge in [0, 0.05) is 12.6 Å². The molecule has 0 aromatic heterocycles. The van der Waals surface area contributed by atoms with Crippen molar-refractivity contribution >= 4 is 23.7 Å². The van der Waals surface area contributed by atoms with Gasteiger partial charge in [0.2, 0.25) is 0 Å². The second-order valence-corrected chi connectivity index (χ2v) is 4.33. The Morgan fingerprint density at radius 3 is 2.53 bits per heavy atom. The van der Waals surface area contributed by atoms with Gasteiger partial charge >= 0.3 is 0 Å². The van der Waals surface area contributed by atoms with Gasteiger partial charge in [-0.3, -0.25) is 4.79 Å². The average Bonchev–Trinajstić information content (AvgIpc) is 2.45. The normalized spacial score (nSPS) is 10.6. The molecular formula is C15H13ClN2O. The predicted molar refractivity (Wildman–Crippen MR) is 77.6 cm³/mol. The van der Waals surface area contributed by atoms with Crippen LogP contribution in [0.5, 0.6) is 0 Å². The summed E-state index contributed by atoms with van der Waals surface area (Å²) in [6.45, 7) is 0. The molecule has 0 aliphatic heterocycles. The number of rotatable bonds is 4. The third-order valence-corrected chi connectivity index (χ3v) is 2.88. The van der Waals surface area contributed by atoms with E-state index in [2.05, 4.69) is 10.5 Å². The number of hydrogen-bond acceptors (Lipinski definition) is 2. The smallest absolute Gasteiger partial charge is 0.267 e. The molecule has 4 heteroatoms. The average molecular weight is 273 g/mol. The van der Waals surface area contributed by atoms with Crippen molar-refractivity contribution in [3.63, 3.8) is 0 Å². The summed E-state index contributed by atoms with van der Waals surface area (Å²) in [7, 11) is 0. The van der Waals surface area contributed by atoms with E-state index in [1.54, 1.807) is 30.5 Å². The number of carbonyl (C=O) groups is 1. The van der Waals surface area contributed by atoms with Crippen LogP contribution in [-0.2, 0) is 6.42 Å². The predicted octanol–water partition coefficient (Wildman–Crippen LogP) is 3.30. The number of halogens is 1. The maximum Gasteiger partial charge on any atom is 0.272 e. The largest absolute Gasteiger partial charge is 0.272 e. The Morgan fingerprint density at radius 1 is 1.11 bits per heavy atom. The zero-order chi connectivity index (χ0) is 13.5.